The Morgan fingerprint density at radius 2 is 2.05 bits per heavy atom. The van der Waals surface area contributed by atoms with Gasteiger partial charge in [0.2, 0.25) is 15.9 Å². The maximum atomic E-state index is 12.1. The molecule has 1 aliphatic heterocycles. The highest BCUT2D eigenvalue weighted by molar-refractivity contribution is 7.89. The second-order valence-electron chi connectivity index (χ2n) is 4.77. The zero-order valence-electron chi connectivity index (χ0n) is 11.6. The molecule has 1 aliphatic rings. The highest BCUT2D eigenvalue weighted by atomic mass is 32.2. The third kappa shape index (κ3) is 3.00. The number of benzene rings is 1. The molecular weight excluding hydrogens is 278 g/mol. The second-order valence-corrected chi connectivity index (χ2v) is 6.54. The van der Waals surface area contributed by atoms with Crippen LogP contribution in [0.1, 0.15) is 12.0 Å². The van der Waals surface area contributed by atoms with Crippen LogP contribution in [-0.2, 0) is 21.2 Å². The number of carbonyl (C=O) groups is 1. The summed E-state index contributed by atoms with van der Waals surface area (Å²) in [4.78, 5) is 13.3. The van der Waals surface area contributed by atoms with Gasteiger partial charge >= 0.3 is 0 Å². The Labute approximate surface area is 119 Å². The minimum Gasteiger partial charge on any atom is -0.320 e. The molecule has 1 heterocycles. The summed E-state index contributed by atoms with van der Waals surface area (Å²) in [6.45, 7) is 1.14. The van der Waals surface area contributed by atoms with Gasteiger partial charge in [0.15, 0.2) is 0 Å². The molecule has 0 aliphatic carbocycles. The molecule has 1 aromatic rings. The zero-order chi connectivity index (χ0) is 14.8. The first-order chi connectivity index (χ1) is 9.45. The topological polar surface area (TPSA) is 78.5 Å². The van der Waals surface area contributed by atoms with E-state index >= 15 is 0 Å². The fourth-order valence-electron chi connectivity index (χ4n) is 2.17. The molecular formula is C13H19N3O3S. The molecule has 0 spiro atoms. The molecule has 0 aromatic heterocycles. The normalized spacial score (nSPS) is 14.7. The van der Waals surface area contributed by atoms with Gasteiger partial charge in [-0.15, -0.1) is 0 Å². The van der Waals surface area contributed by atoms with Crippen LogP contribution in [-0.4, -0.2) is 41.5 Å². The average Bonchev–Trinajstić information content (AvgIpc) is 2.70. The van der Waals surface area contributed by atoms with E-state index in [2.05, 4.69) is 10.0 Å². The van der Waals surface area contributed by atoms with Crippen LogP contribution in [0.5, 0.6) is 0 Å². The highest BCUT2D eigenvalue weighted by Crippen LogP contribution is 2.29. The van der Waals surface area contributed by atoms with Gasteiger partial charge in [0.25, 0.3) is 0 Å². The van der Waals surface area contributed by atoms with Crippen molar-refractivity contribution in [2.75, 3.05) is 32.1 Å². The van der Waals surface area contributed by atoms with E-state index < -0.39 is 10.0 Å². The molecule has 110 valence electrons. The van der Waals surface area contributed by atoms with Crippen molar-refractivity contribution >= 4 is 21.6 Å². The van der Waals surface area contributed by atoms with E-state index in [1.54, 1.807) is 24.1 Å². The van der Waals surface area contributed by atoms with Crippen molar-refractivity contribution in [3.8, 4) is 0 Å². The van der Waals surface area contributed by atoms with Crippen LogP contribution in [0.3, 0.4) is 0 Å². The Morgan fingerprint density at radius 3 is 2.75 bits per heavy atom. The van der Waals surface area contributed by atoms with Crippen LogP contribution in [0.15, 0.2) is 23.1 Å². The Morgan fingerprint density at radius 1 is 1.30 bits per heavy atom. The smallest absolute Gasteiger partial charge is 0.240 e. The monoisotopic (exact) mass is 297 g/mol. The molecule has 0 saturated heterocycles. The molecule has 0 bridgehead atoms. The number of hydrogen-bond donors (Lipinski definition) is 2. The van der Waals surface area contributed by atoms with Gasteiger partial charge in [0.05, 0.1) is 11.3 Å². The molecule has 7 heteroatoms. The number of sulfonamides is 1. The summed E-state index contributed by atoms with van der Waals surface area (Å²) >= 11 is 0. The van der Waals surface area contributed by atoms with E-state index in [0.717, 1.165) is 24.2 Å². The third-order valence-corrected chi connectivity index (χ3v) is 4.79. The summed E-state index contributed by atoms with van der Waals surface area (Å²) in [6, 6.07) is 4.80. The lowest BCUT2D eigenvalue weighted by atomic mass is 10.2. The molecule has 1 amide bonds. The Hall–Kier alpha value is -1.44. The minimum atomic E-state index is -3.50. The number of amides is 1. The first-order valence-corrected chi connectivity index (χ1v) is 7.98. The summed E-state index contributed by atoms with van der Waals surface area (Å²) in [7, 11) is 0.00986. The average molecular weight is 297 g/mol. The van der Waals surface area contributed by atoms with Crippen molar-refractivity contribution in [1.82, 2.24) is 10.0 Å². The van der Waals surface area contributed by atoms with Crippen molar-refractivity contribution in [2.45, 2.75) is 17.7 Å². The fraction of sp³-hybridized carbons (Fsp3) is 0.462. The predicted molar refractivity (Wildman–Crippen MR) is 77.3 cm³/mol. The van der Waals surface area contributed by atoms with Crippen molar-refractivity contribution in [3.05, 3.63) is 23.8 Å². The first kappa shape index (κ1) is 15.0. The fourth-order valence-corrected chi connectivity index (χ4v) is 3.29. The molecule has 0 saturated carbocycles. The third-order valence-electron chi connectivity index (χ3n) is 3.33. The summed E-state index contributed by atoms with van der Waals surface area (Å²) in [5.41, 5.74) is 1.54. The summed E-state index contributed by atoms with van der Waals surface area (Å²) in [5.74, 6) is -0.0171. The van der Waals surface area contributed by atoms with Gasteiger partial charge in [-0.3, -0.25) is 4.79 Å². The van der Waals surface area contributed by atoms with Gasteiger partial charge in [-0.1, -0.05) is 0 Å². The maximum Gasteiger partial charge on any atom is 0.240 e. The van der Waals surface area contributed by atoms with Gasteiger partial charge in [0, 0.05) is 19.3 Å². The van der Waals surface area contributed by atoms with E-state index in [9.17, 15) is 13.2 Å². The summed E-state index contributed by atoms with van der Waals surface area (Å²) < 4.78 is 26.8. The zero-order valence-corrected chi connectivity index (χ0v) is 12.5. The lowest BCUT2D eigenvalue weighted by Crippen LogP contribution is -2.26. The van der Waals surface area contributed by atoms with Crippen LogP contribution in [0, 0.1) is 0 Å². The minimum absolute atomic E-state index is 0.0171. The SMILES string of the molecule is CNCCCNS(=O)(=O)c1ccc2c(c1)CC(=O)N2C. The molecule has 0 atom stereocenters. The van der Waals surface area contributed by atoms with Crippen molar-refractivity contribution in [2.24, 2.45) is 0 Å². The van der Waals surface area contributed by atoms with Crippen LogP contribution >= 0.6 is 0 Å². The standard InChI is InChI=1S/C13H19N3O3S/c1-14-6-3-7-15-20(18,19)11-4-5-12-10(8-11)9-13(17)16(12)2/h4-5,8,14-15H,3,6-7,9H2,1-2H3. The van der Waals surface area contributed by atoms with Crippen molar-refractivity contribution in [3.63, 3.8) is 0 Å². The van der Waals surface area contributed by atoms with Gasteiger partial charge in [-0.05, 0) is 43.8 Å². The van der Waals surface area contributed by atoms with E-state index in [1.165, 1.54) is 6.07 Å². The highest BCUT2D eigenvalue weighted by Gasteiger charge is 2.25. The predicted octanol–water partition coefficient (Wildman–Crippen LogP) is 0.0933. The number of nitrogens with zero attached hydrogens (tertiary/aromatic N) is 1. The quantitative estimate of drug-likeness (QED) is 0.730. The molecule has 2 rings (SSSR count). The molecule has 20 heavy (non-hydrogen) atoms. The Balaban J connectivity index is 2.14. The van der Waals surface area contributed by atoms with Crippen molar-refractivity contribution in [1.29, 1.82) is 0 Å². The lowest BCUT2D eigenvalue weighted by molar-refractivity contribution is -0.117. The number of nitrogens with one attached hydrogen (secondary N) is 2. The van der Waals surface area contributed by atoms with E-state index in [4.69, 9.17) is 0 Å². The number of anilines is 1. The summed E-state index contributed by atoms with van der Waals surface area (Å²) in [5, 5.41) is 2.96. The van der Waals surface area contributed by atoms with E-state index in [-0.39, 0.29) is 17.2 Å². The second kappa shape index (κ2) is 5.90. The van der Waals surface area contributed by atoms with E-state index in [1.807, 2.05) is 7.05 Å². The maximum absolute atomic E-state index is 12.1. The number of hydrogen-bond acceptors (Lipinski definition) is 4. The largest absolute Gasteiger partial charge is 0.320 e. The van der Waals surface area contributed by atoms with Gasteiger partial charge in [0.1, 0.15) is 0 Å². The lowest BCUT2D eigenvalue weighted by Gasteiger charge is -2.11. The first-order valence-electron chi connectivity index (χ1n) is 6.49. The number of fused-ring (bicyclic) bond motifs is 1. The Bertz CT molecular complexity index is 613. The van der Waals surface area contributed by atoms with Crippen LogP contribution in [0.25, 0.3) is 0 Å². The molecule has 1 aromatic carbocycles. The van der Waals surface area contributed by atoms with Crippen LogP contribution < -0.4 is 14.9 Å². The molecule has 0 radical (unpaired) electrons. The van der Waals surface area contributed by atoms with Crippen molar-refractivity contribution < 1.29 is 13.2 Å². The molecule has 0 unspecified atom stereocenters. The van der Waals surface area contributed by atoms with Gasteiger partial charge < -0.3 is 10.2 Å². The van der Waals surface area contributed by atoms with Gasteiger partial charge in [-0.25, -0.2) is 13.1 Å². The number of carbonyl (C=O) groups excluding carboxylic acids is 1. The number of rotatable bonds is 6. The van der Waals surface area contributed by atoms with Crippen LogP contribution in [0.4, 0.5) is 5.69 Å². The number of likely N-dealkylation sites (N-methyl/N-ethyl adjacent to an activating group) is 1. The Kier molecular flexibility index (Phi) is 4.42. The van der Waals surface area contributed by atoms with E-state index in [0.29, 0.717) is 6.54 Å². The van der Waals surface area contributed by atoms with Gasteiger partial charge in [-0.2, -0.15) is 0 Å². The van der Waals surface area contributed by atoms with Crippen LogP contribution in [0.2, 0.25) is 0 Å². The summed E-state index contributed by atoms with van der Waals surface area (Å²) in [6.07, 6.45) is 0.983. The molecule has 0 fully saturated rings. The molecule has 2 N–H and O–H groups in total. The molecule has 6 nitrogen and oxygen atoms in total.